The van der Waals surface area contributed by atoms with E-state index in [9.17, 15) is 9.59 Å². The van der Waals surface area contributed by atoms with Gasteiger partial charge in [-0.15, -0.1) is 0 Å². The Morgan fingerprint density at radius 2 is 2.08 bits per heavy atom. The lowest BCUT2D eigenvalue weighted by atomic mass is 10.0. The molecule has 0 aromatic heterocycles. The van der Waals surface area contributed by atoms with Crippen LogP contribution in [0.2, 0.25) is 0 Å². The number of Topliss-reactive ketones (excluding diaryl/α,β-unsaturated/α-hetero) is 1. The van der Waals surface area contributed by atoms with Gasteiger partial charge in [-0.25, -0.2) is 0 Å². The van der Waals surface area contributed by atoms with Crippen molar-refractivity contribution in [3.8, 4) is 5.75 Å². The molecule has 0 saturated carbocycles. The van der Waals surface area contributed by atoms with E-state index in [0.29, 0.717) is 29.5 Å². The van der Waals surface area contributed by atoms with Crippen LogP contribution in [0.1, 0.15) is 29.6 Å². The Bertz CT molecular complexity index is 622. The maximum atomic E-state index is 12.4. The Hall–Kier alpha value is -1.92. The summed E-state index contributed by atoms with van der Waals surface area (Å²) in [6, 6.07) is 5.90. The number of amides is 1. The standard InChI is InChI=1S/C18H25N3O3/c1-20(2)14-5-8-21(9-6-14)10-7-16(22)13-3-4-17-15(11-13)19-18(23)12-24-17/h3-4,11,14H,5-10,12H2,1-2H3,(H,19,23). The van der Waals surface area contributed by atoms with Crippen molar-refractivity contribution in [3.05, 3.63) is 23.8 Å². The number of anilines is 1. The number of hydrogen-bond donors (Lipinski definition) is 1. The molecule has 0 aliphatic carbocycles. The number of piperidine rings is 1. The van der Waals surface area contributed by atoms with Crippen LogP contribution in [0.15, 0.2) is 18.2 Å². The molecule has 3 rings (SSSR count). The monoisotopic (exact) mass is 331 g/mol. The van der Waals surface area contributed by atoms with Gasteiger partial charge in [-0.1, -0.05) is 0 Å². The zero-order valence-corrected chi connectivity index (χ0v) is 14.4. The van der Waals surface area contributed by atoms with Crippen LogP contribution in [0.5, 0.6) is 5.75 Å². The van der Waals surface area contributed by atoms with Crippen molar-refractivity contribution in [1.82, 2.24) is 9.80 Å². The number of fused-ring (bicyclic) bond motifs is 1. The number of ketones is 1. The summed E-state index contributed by atoms with van der Waals surface area (Å²) in [5, 5.41) is 2.74. The predicted octanol–water partition coefficient (Wildman–Crippen LogP) is 1.62. The summed E-state index contributed by atoms with van der Waals surface area (Å²) in [6.07, 6.45) is 2.81. The summed E-state index contributed by atoms with van der Waals surface area (Å²) < 4.78 is 5.32. The zero-order valence-electron chi connectivity index (χ0n) is 14.4. The van der Waals surface area contributed by atoms with E-state index < -0.39 is 0 Å². The minimum atomic E-state index is -0.184. The lowest BCUT2D eigenvalue weighted by Crippen LogP contribution is -2.42. The lowest BCUT2D eigenvalue weighted by Gasteiger charge is -2.35. The molecule has 1 aromatic rings. The Morgan fingerprint density at radius 3 is 2.79 bits per heavy atom. The molecule has 1 N–H and O–H groups in total. The molecule has 0 radical (unpaired) electrons. The molecule has 2 heterocycles. The Kier molecular flexibility index (Phi) is 5.16. The van der Waals surface area contributed by atoms with E-state index >= 15 is 0 Å². The normalized spacial score (nSPS) is 18.9. The first-order valence-electron chi connectivity index (χ1n) is 8.51. The number of rotatable bonds is 5. The average Bonchev–Trinajstić information content (AvgIpc) is 2.59. The second-order valence-electron chi connectivity index (χ2n) is 6.76. The van der Waals surface area contributed by atoms with E-state index in [1.54, 1.807) is 18.2 Å². The van der Waals surface area contributed by atoms with Gasteiger partial charge in [-0.3, -0.25) is 9.59 Å². The van der Waals surface area contributed by atoms with Crippen molar-refractivity contribution in [2.75, 3.05) is 45.7 Å². The second kappa shape index (κ2) is 7.32. The summed E-state index contributed by atoms with van der Waals surface area (Å²) in [6.45, 7) is 2.91. The third kappa shape index (κ3) is 3.94. The summed E-state index contributed by atoms with van der Waals surface area (Å²) >= 11 is 0. The number of hydrogen-bond acceptors (Lipinski definition) is 5. The van der Waals surface area contributed by atoms with Crippen LogP contribution < -0.4 is 10.1 Å². The fourth-order valence-corrected chi connectivity index (χ4v) is 3.32. The van der Waals surface area contributed by atoms with Crippen LogP contribution in [-0.2, 0) is 4.79 Å². The molecule has 0 spiro atoms. The molecule has 1 fully saturated rings. The van der Waals surface area contributed by atoms with Crippen LogP contribution in [0.3, 0.4) is 0 Å². The summed E-state index contributed by atoms with van der Waals surface area (Å²) in [7, 11) is 4.25. The first kappa shape index (κ1) is 16.9. The van der Waals surface area contributed by atoms with Gasteiger partial charge >= 0.3 is 0 Å². The molecular formula is C18H25N3O3. The van der Waals surface area contributed by atoms with Crippen molar-refractivity contribution < 1.29 is 14.3 Å². The van der Waals surface area contributed by atoms with E-state index in [2.05, 4.69) is 29.2 Å². The summed E-state index contributed by atoms with van der Waals surface area (Å²) in [5.74, 6) is 0.542. The quantitative estimate of drug-likeness (QED) is 0.831. The van der Waals surface area contributed by atoms with Crippen molar-refractivity contribution in [2.45, 2.75) is 25.3 Å². The van der Waals surface area contributed by atoms with Crippen molar-refractivity contribution in [3.63, 3.8) is 0 Å². The molecule has 6 heteroatoms. The van der Waals surface area contributed by atoms with Crippen LogP contribution in [-0.4, -0.2) is 67.9 Å². The number of carbonyl (C=O) groups is 2. The zero-order chi connectivity index (χ0) is 17.1. The molecule has 2 aliphatic rings. The van der Waals surface area contributed by atoms with E-state index in [1.165, 1.54) is 0 Å². The van der Waals surface area contributed by atoms with Crippen molar-refractivity contribution >= 4 is 17.4 Å². The molecule has 0 atom stereocenters. The number of likely N-dealkylation sites (tertiary alicyclic amines) is 1. The molecule has 0 unspecified atom stereocenters. The maximum Gasteiger partial charge on any atom is 0.262 e. The smallest absolute Gasteiger partial charge is 0.262 e. The van der Waals surface area contributed by atoms with Crippen LogP contribution in [0.25, 0.3) is 0 Å². The van der Waals surface area contributed by atoms with Crippen molar-refractivity contribution in [1.29, 1.82) is 0 Å². The van der Waals surface area contributed by atoms with Gasteiger partial charge in [0.15, 0.2) is 12.4 Å². The highest BCUT2D eigenvalue weighted by Crippen LogP contribution is 2.28. The number of benzene rings is 1. The van der Waals surface area contributed by atoms with E-state index in [-0.39, 0.29) is 18.3 Å². The number of nitrogens with one attached hydrogen (secondary N) is 1. The summed E-state index contributed by atoms with van der Waals surface area (Å²) in [4.78, 5) is 28.5. The third-order valence-corrected chi connectivity index (χ3v) is 4.88. The number of ether oxygens (including phenoxy) is 1. The van der Waals surface area contributed by atoms with Crippen LogP contribution >= 0.6 is 0 Å². The molecular weight excluding hydrogens is 306 g/mol. The van der Waals surface area contributed by atoms with E-state index in [4.69, 9.17) is 4.74 Å². The van der Waals surface area contributed by atoms with Crippen molar-refractivity contribution in [2.24, 2.45) is 0 Å². The first-order valence-corrected chi connectivity index (χ1v) is 8.51. The fraction of sp³-hybridized carbons (Fsp3) is 0.556. The predicted molar refractivity (Wildman–Crippen MR) is 92.7 cm³/mol. The number of nitrogens with zero attached hydrogens (tertiary/aromatic N) is 2. The van der Waals surface area contributed by atoms with Gasteiger partial charge in [0, 0.05) is 24.6 Å². The minimum absolute atomic E-state index is 0.0309. The average molecular weight is 331 g/mol. The van der Waals surface area contributed by atoms with Gasteiger partial charge in [-0.05, 0) is 58.2 Å². The minimum Gasteiger partial charge on any atom is -0.482 e. The van der Waals surface area contributed by atoms with Gasteiger partial charge in [-0.2, -0.15) is 0 Å². The fourth-order valence-electron chi connectivity index (χ4n) is 3.32. The number of carbonyl (C=O) groups excluding carboxylic acids is 2. The molecule has 1 saturated heterocycles. The topological polar surface area (TPSA) is 61.9 Å². The van der Waals surface area contributed by atoms with Crippen LogP contribution in [0.4, 0.5) is 5.69 Å². The molecule has 130 valence electrons. The maximum absolute atomic E-state index is 12.4. The molecule has 24 heavy (non-hydrogen) atoms. The highest BCUT2D eigenvalue weighted by Gasteiger charge is 2.22. The van der Waals surface area contributed by atoms with E-state index in [1.807, 2.05) is 0 Å². The van der Waals surface area contributed by atoms with E-state index in [0.717, 1.165) is 32.5 Å². The Labute approximate surface area is 142 Å². The summed E-state index contributed by atoms with van der Waals surface area (Å²) in [5.41, 5.74) is 1.21. The van der Waals surface area contributed by atoms with Gasteiger partial charge in [0.2, 0.25) is 0 Å². The van der Waals surface area contributed by atoms with Gasteiger partial charge in [0.25, 0.3) is 5.91 Å². The molecule has 2 aliphatic heterocycles. The SMILES string of the molecule is CN(C)C1CCN(CCC(=O)c2ccc3c(c2)NC(=O)CO3)CC1. The largest absolute Gasteiger partial charge is 0.482 e. The lowest BCUT2D eigenvalue weighted by molar-refractivity contribution is -0.118. The Balaban J connectivity index is 1.53. The molecule has 0 bridgehead atoms. The molecule has 6 nitrogen and oxygen atoms in total. The second-order valence-corrected chi connectivity index (χ2v) is 6.76. The molecule has 1 amide bonds. The highest BCUT2D eigenvalue weighted by molar-refractivity contribution is 6.00. The first-order chi connectivity index (χ1) is 11.5. The molecule has 1 aromatic carbocycles. The van der Waals surface area contributed by atoms with Gasteiger partial charge in [0.1, 0.15) is 5.75 Å². The third-order valence-electron chi connectivity index (χ3n) is 4.88. The Morgan fingerprint density at radius 1 is 1.33 bits per heavy atom. The van der Waals surface area contributed by atoms with Crippen LogP contribution in [0, 0.1) is 0 Å². The highest BCUT2D eigenvalue weighted by atomic mass is 16.5. The van der Waals surface area contributed by atoms with Gasteiger partial charge < -0.3 is 19.9 Å². The van der Waals surface area contributed by atoms with Gasteiger partial charge in [0.05, 0.1) is 5.69 Å².